The number of amides is 1. The highest BCUT2D eigenvalue weighted by Gasteiger charge is 2.10. The topological polar surface area (TPSA) is 81.7 Å². The largest absolute Gasteiger partial charge is 0.482 e. The summed E-state index contributed by atoms with van der Waals surface area (Å²) in [4.78, 5) is 34.7. The van der Waals surface area contributed by atoms with E-state index in [1.807, 2.05) is 0 Å². The average molecular weight is 362 g/mol. The van der Waals surface area contributed by atoms with Crippen molar-refractivity contribution in [1.29, 1.82) is 0 Å². The number of rotatable bonds is 7. The summed E-state index contributed by atoms with van der Waals surface area (Å²) >= 11 is 5.80. The fraction of sp³-hybridized carbons (Fsp3) is 0.167. The van der Waals surface area contributed by atoms with E-state index in [0.29, 0.717) is 22.0 Å². The van der Waals surface area contributed by atoms with Crippen molar-refractivity contribution in [2.24, 2.45) is 0 Å². The summed E-state index contributed by atoms with van der Waals surface area (Å²) in [5.41, 5.74) is 0.925. The maximum atomic E-state index is 11.8. The molecule has 130 valence electrons. The van der Waals surface area contributed by atoms with Crippen molar-refractivity contribution in [2.75, 3.05) is 18.5 Å². The molecule has 0 radical (unpaired) electrons. The number of carbonyl (C=O) groups excluding carboxylic acids is 3. The third-order valence-corrected chi connectivity index (χ3v) is 3.30. The molecule has 1 N–H and O–H groups in total. The van der Waals surface area contributed by atoms with Gasteiger partial charge in [-0.25, -0.2) is 4.79 Å². The van der Waals surface area contributed by atoms with Crippen LogP contribution in [0.4, 0.5) is 5.69 Å². The first-order chi connectivity index (χ1) is 11.9. The predicted molar refractivity (Wildman–Crippen MR) is 93.0 cm³/mol. The molecule has 2 aromatic rings. The number of carbonyl (C=O) groups is 3. The highest BCUT2D eigenvalue weighted by atomic mass is 35.5. The molecule has 2 aromatic carbocycles. The SMILES string of the molecule is CC(=O)c1cccc(NC(=O)COC(=O)COc2cccc(Cl)c2)c1. The van der Waals surface area contributed by atoms with Gasteiger partial charge in [-0.15, -0.1) is 0 Å². The Kier molecular flexibility index (Phi) is 6.54. The number of ether oxygens (including phenoxy) is 2. The highest BCUT2D eigenvalue weighted by Crippen LogP contribution is 2.17. The molecule has 0 aliphatic heterocycles. The summed E-state index contributed by atoms with van der Waals surface area (Å²) < 4.78 is 10.0. The van der Waals surface area contributed by atoms with Crippen LogP contribution in [-0.2, 0) is 14.3 Å². The number of Topliss-reactive ketones (excluding diaryl/α,β-unsaturated/α-hetero) is 1. The molecule has 0 saturated carbocycles. The van der Waals surface area contributed by atoms with Gasteiger partial charge in [0.15, 0.2) is 19.0 Å². The van der Waals surface area contributed by atoms with Crippen molar-refractivity contribution >= 4 is 34.9 Å². The summed E-state index contributed by atoms with van der Waals surface area (Å²) in [7, 11) is 0. The van der Waals surface area contributed by atoms with Crippen LogP contribution in [0.1, 0.15) is 17.3 Å². The van der Waals surface area contributed by atoms with E-state index in [1.165, 1.54) is 6.92 Å². The molecule has 6 nitrogen and oxygen atoms in total. The molecule has 7 heteroatoms. The van der Waals surface area contributed by atoms with Crippen LogP contribution in [0, 0.1) is 0 Å². The number of esters is 1. The lowest BCUT2D eigenvalue weighted by Gasteiger charge is -2.08. The zero-order valence-corrected chi connectivity index (χ0v) is 14.2. The number of benzene rings is 2. The van der Waals surface area contributed by atoms with Crippen molar-refractivity contribution < 1.29 is 23.9 Å². The summed E-state index contributed by atoms with van der Waals surface area (Å²) in [6.07, 6.45) is 0. The molecule has 0 atom stereocenters. The molecule has 0 bridgehead atoms. The number of halogens is 1. The van der Waals surface area contributed by atoms with Crippen LogP contribution >= 0.6 is 11.6 Å². The van der Waals surface area contributed by atoms with E-state index in [2.05, 4.69) is 5.32 Å². The van der Waals surface area contributed by atoms with Gasteiger partial charge in [0.05, 0.1) is 0 Å². The van der Waals surface area contributed by atoms with Crippen LogP contribution in [0.2, 0.25) is 5.02 Å². The van der Waals surface area contributed by atoms with Gasteiger partial charge in [-0.3, -0.25) is 9.59 Å². The Balaban J connectivity index is 1.76. The standard InChI is InChI=1S/C18H16ClNO5/c1-12(21)13-4-2-6-15(8-13)20-17(22)10-25-18(23)11-24-16-7-3-5-14(19)9-16/h2-9H,10-11H2,1H3,(H,20,22). The Morgan fingerprint density at radius 3 is 2.52 bits per heavy atom. The van der Waals surface area contributed by atoms with Gasteiger partial charge in [0, 0.05) is 16.3 Å². The minimum Gasteiger partial charge on any atom is -0.482 e. The predicted octanol–water partition coefficient (Wildman–Crippen LogP) is 3.10. The summed E-state index contributed by atoms with van der Waals surface area (Å²) in [5, 5.41) is 3.03. The zero-order chi connectivity index (χ0) is 18.2. The van der Waals surface area contributed by atoms with Gasteiger partial charge >= 0.3 is 5.97 Å². The Morgan fingerprint density at radius 2 is 1.80 bits per heavy atom. The first-order valence-electron chi connectivity index (χ1n) is 7.39. The lowest BCUT2D eigenvalue weighted by Crippen LogP contribution is -2.23. The third kappa shape index (κ3) is 6.27. The van der Waals surface area contributed by atoms with Gasteiger partial charge in [-0.1, -0.05) is 29.8 Å². The fourth-order valence-corrected chi connectivity index (χ4v) is 2.08. The Hall–Kier alpha value is -2.86. The van der Waals surface area contributed by atoms with Crippen LogP contribution in [0.25, 0.3) is 0 Å². The normalized spacial score (nSPS) is 10.0. The van der Waals surface area contributed by atoms with Crippen LogP contribution in [0.3, 0.4) is 0 Å². The number of hydrogen-bond acceptors (Lipinski definition) is 5. The number of anilines is 1. The van der Waals surface area contributed by atoms with Gasteiger partial charge in [-0.2, -0.15) is 0 Å². The Morgan fingerprint density at radius 1 is 1.04 bits per heavy atom. The quantitative estimate of drug-likeness (QED) is 0.605. The maximum absolute atomic E-state index is 11.8. The van der Waals surface area contributed by atoms with Crippen molar-refractivity contribution in [2.45, 2.75) is 6.92 Å². The van der Waals surface area contributed by atoms with E-state index in [1.54, 1.807) is 48.5 Å². The molecule has 25 heavy (non-hydrogen) atoms. The van der Waals surface area contributed by atoms with E-state index < -0.39 is 18.5 Å². The lowest BCUT2D eigenvalue weighted by atomic mass is 10.1. The minimum atomic E-state index is -0.687. The van der Waals surface area contributed by atoms with Gasteiger partial charge in [-0.05, 0) is 37.3 Å². The first kappa shape index (κ1) is 18.5. The summed E-state index contributed by atoms with van der Waals surface area (Å²) in [6, 6.07) is 13.0. The molecule has 0 aromatic heterocycles. The summed E-state index contributed by atoms with van der Waals surface area (Å²) in [5.74, 6) is -0.889. The van der Waals surface area contributed by atoms with E-state index in [9.17, 15) is 14.4 Å². The zero-order valence-electron chi connectivity index (χ0n) is 13.5. The number of ketones is 1. The molecule has 1 amide bonds. The smallest absolute Gasteiger partial charge is 0.344 e. The van der Waals surface area contributed by atoms with Gasteiger partial charge in [0.25, 0.3) is 5.91 Å². The molecule has 0 spiro atoms. The van der Waals surface area contributed by atoms with Crippen LogP contribution in [0.15, 0.2) is 48.5 Å². The highest BCUT2D eigenvalue weighted by molar-refractivity contribution is 6.30. The van der Waals surface area contributed by atoms with E-state index in [0.717, 1.165) is 0 Å². The molecule has 0 aliphatic rings. The third-order valence-electron chi connectivity index (χ3n) is 3.07. The molecule has 0 heterocycles. The van der Waals surface area contributed by atoms with Crippen LogP contribution in [0.5, 0.6) is 5.75 Å². The number of nitrogens with one attached hydrogen (secondary N) is 1. The Labute approximate surface area is 149 Å². The van der Waals surface area contributed by atoms with Crippen molar-refractivity contribution in [1.82, 2.24) is 0 Å². The molecular weight excluding hydrogens is 346 g/mol. The van der Waals surface area contributed by atoms with Gasteiger partial charge < -0.3 is 14.8 Å². The maximum Gasteiger partial charge on any atom is 0.344 e. The second-order valence-electron chi connectivity index (χ2n) is 5.09. The van der Waals surface area contributed by atoms with E-state index >= 15 is 0 Å². The molecule has 0 aliphatic carbocycles. The van der Waals surface area contributed by atoms with Crippen molar-refractivity contribution in [3.8, 4) is 5.75 Å². The van der Waals surface area contributed by atoms with Gasteiger partial charge in [0.1, 0.15) is 5.75 Å². The molecule has 0 fully saturated rings. The van der Waals surface area contributed by atoms with Gasteiger partial charge in [0.2, 0.25) is 0 Å². The Bertz CT molecular complexity index is 791. The minimum absolute atomic E-state index is 0.110. The second kappa shape index (κ2) is 8.84. The second-order valence-corrected chi connectivity index (χ2v) is 5.53. The lowest BCUT2D eigenvalue weighted by molar-refractivity contribution is -0.149. The molecule has 2 rings (SSSR count). The van der Waals surface area contributed by atoms with Crippen LogP contribution in [-0.4, -0.2) is 30.9 Å². The van der Waals surface area contributed by atoms with E-state index in [4.69, 9.17) is 21.1 Å². The summed E-state index contributed by atoms with van der Waals surface area (Å²) in [6.45, 7) is 0.637. The fourth-order valence-electron chi connectivity index (χ4n) is 1.90. The van der Waals surface area contributed by atoms with E-state index in [-0.39, 0.29) is 12.4 Å². The molecule has 0 saturated heterocycles. The van der Waals surface area contributed by atoms with Crippen molar-refractivity contribution in [3.05, 3.63) is 59.1 Å². The molecular formula is C18H16ClNO5. The molecule has 0 unspecified atom stereocenters. The monoisotopic (exact) mass is 361 g/mol. The number of hydrogen-bond donors (Lipinski definition) is 1. The van der Waals surface area contributed by atoms with Crippen molar-refractivity contribution in [3.63, 3.8) is 0 Å². The van der Waals surface area contributed by atoms with Crippen LogP contribution < -0.4 is 10.1 Å². The average Bonchev–Trinajstić information content (AvgIpc) is 2.58. The first-order valence-corrected chi connectivity index (χ1v) is 7.76.